The SMILES string of the molecule is CCOC(=O)c1cccnc1SCC(=O)NCCCOC. The Kier molecular flexibility index (Phi) is 8.45. The van der Waals surface area contributed by atoms with Crippen LogP contribution in [-0.2, 0) is 14.3 Å². The Morgan fingerprint density at radius 3 is 2.95 bits per heavy atom. The molecule has 0 saturated heterocycles. The number of ether oxygens (including phenoxy) is 2. The summed E-state index contributed by atoms with van der Waals surface area (Å²) in [5.74, 6) is -0.318. The van der Waals surface area contributed by atoms with Crippen molar-refractivity contribution in [1.29, 1.82) is 0 Å². The Hall–Kier alpha value is -1.60. The van der Waals surface area contributed by atoms with E-state index < -0.39 is 5.97 Å². The summed E-state index contributed by atoms with van der Waals surface area (Å²) in [7, 11) is 1.62. The highest BCUT2D eigenvalue weighted by Crippen LogP contribution is 2.20. The fourth-order valence-electron chi connectivity index (χ4n) is 1.50. The summed E-state index contributed by atoms with van der Waals surface area (Å²) in [6.45, 7) is 3.23. The molecule has 0 saturated carbocycles. The first kappa shape index (κ1) is 17.5. The number of carbonyl (C=O) groups excluding carboxylic acids is 2. The fourth-order valence-corrected chi connectivity index (χ4v) is 2.31. The van der Waals surface area contributed by atoms with Crippen LogP contribution in [0.3, 0.4) is 0 Å². The number of hydrogen-bond donors (Lipinski definition) is 1. The van der Waals surface area contributed by atoms with Crippen molar-refractivity contribution in [2.45, 2.75) is 18.4 Å². The van der Waals surface area contributed by atoms with Crippen molar-refractivity contribution < 1.29 is 19.1 Å². The van der Waals surface area contributed by atoms with Gasteiger partial charge in [-0.15, -0.1) is 0 Å². The minimum atomic E-state index is -0.423. The van der Waals surface area contributed by atoms with Gasteiger partial charge in [-0.05, 0) is 25.5 Å². The van der Waals surface area contributed by atoms with Crippen LogP contribution in [0.2, 0.25) is 0 Å². The van der Waals surface area contributed by atoms with E-state index in [-0.39, 0.29) is 11.7 Å². The van der Waals surface area contributed by atoms with Crippen LogP contribution in [0, 0.1) is 0 Å². The van der Waals surface area contributed by atoms with Gasteiger partial charge in [0.1, 0.15) is 5.03 Å². The highest BCUT2D eigenvalue weighted by Gasteiger charge is 2.14. The summed E-state index contributed by atoms with van der Waals surface area (Å²) in [4.78, 5) is 27.6. The second kappa shape index (κ2) is 10.2. The number of rotatable bonds is 9. The normalized spacial score (nSPS) is 10.2. The molecule has 1 rings (SSSR count). The van der Waals surface area contributed by atoms with Crippen LogP contribution in [0.25, 0.3) is 0 Å². The predicted molar refractivity (Wildman–Crippen MR) is 80.4 cm³/mol. The molecule has 0 bridgehead atoms. The zero-order valence-corrected chi connectivity index (χ0v) is 13.1. The second-order valence-electron chi connectivity index (χ2n) is 4.06. The molecule has 1 amide bonds. The lowest BCUT2D eigenvalue weighted by molar-refractivity contribution is -0.118. The number of amides is 1. The van der Waals surface area contributed by atoms with Gasteiger partial charge < -0.3 is 14.8 Å². The summed E-state index contributed by atoms with van der Waals surface area (Å²) in [5, 5.41) is 3.28. The van der Waals surface area contributed by atoms with Gasteiger partial charge in [0.05, 0.1) is 17.9 Å². The third-order valence-corrected chi connectivity index (χ3v) is 3.46. The first-order valence-electron chi connectivity index (χ1n) is 6.69. The van der Waals surface area contributed by atoms with Gasteiger partial charge in [-0.1, -0.05) is 11.8 Å². The standard InChI is InChI=1S/C14H20N2O4S/c1-3-20-14(18)11-6-4-7-16-13(11)21-10-12(17)15-8-5-9-19-2/h4,6-7H,3,5,8-10H2,1-2H3,(H,15,17). The molecule has 0 unspecified atom stereocenters. The molecule has 1 aromatic rings. The second-order valence-corrected chi connectivity index (χ2v) is 5.03. The fraction of sp³-hybridized carbons (Fsp3) is 0.500. The summed E-state index contributed by atoms with van der Waals surface area (Å²) in [6.07, 6.45) is 2.35. The maximum absolute atomic E-state index is 11.8. The van der Waals surface area contributed by atoms with Gasteiger partial charge in [-0.3, -0.25) is 4.79 Å². The molecular formula is C14H20N2O4S. The highest BCUT2D eigenvalue weighted by atomic mass is 32.2. The number of esters is 1. The van der Waals surface area contributed by atoms with E-state index in [1.54, 1.807) is 32.4 Å². The summed E-state index contributed by atoms with van der Waals surface area (Å²) in [6, 6.07) is 3.31. The number of carbonyl (C=O) groups is 2. The van der Waals surface area contributed by atoms with Gasteiger partial charge >= 0.3 is 5.97 Å². The Labute approximate surface area is 128 Å². The van der Waals surface area contributed by atoms with Crippen molar-refractivity contribution in [3.8, 4) is 0 Å². The first-order valence-corrected chi connectivity index (χ1v) is 7.68. The van der Waals surface area contributed by atoms with Crippen molar-refractivity contribution in [3.05, 3.63) is 23.9 Å². The topological polar surface area (TPSA) is 77.5 Å². The van der Waals surface area contributed by atoms with Crippen molar-refractivity contribution in [1.82, 2.24) is 10.3 Å². The predicted octanol–water partition coefficient (Wildman–Crippen LogP) is 1.50. The van der Waals surface area contributed by atoms with Crippen LogP contribution in [0.5, 0.6) is 0 Å². The largest absolute Gasteiger partial charge is 0.462 e. The molecule has 0 fully saturated rings. The highest BCUT2D eigenvalue weighted by molar-refractivity contribution is 8.00. The minimum Gasteiger partial charge on any atom is -0.462 e. The molecule has 7 heteroatoms. The molecule has 0 radical (unpaired) electrons. The zero-order valence-electron chi connectivity index (χ0n) is 12.3. The summed E-state index contributed by atoms with van der Waals surface area (Å²) >= 11 is 1.22. The molecule has 0 aliphatic carbocycles. The lowest BCUT2D eigenvalue weighted by atomic mass is 10.3. The zero-order chi connectivity index (χ0) is 15.5. The lowest BCUT2D eigenvalue weighted by Crippen LogP contribution is -2.27. The molecule has 1 aromatic heterocycles. The number of methoxy groups -OCH3 is 1. The molecule has 0 aliphatic heterocycles. The van der Waals surface area contributed by atoms with Gasteiger partial charge in [0.2, 0.25) is 5.91 Å². The van der Waals surface area contributed by atoms with Crippen molar-refractivity contribution in [3.63, 3.8) is 0 Å². The third-order valence-electron chi connectivity index (χ3n) is 2.45. The van der Waals surface area contributed by atoms with Gasteiger partial charge in [0, 0.05) is 26.5 Å². The Bertz CT molecular complexity index is 468. The monoisotopic (exact) mass is 312 g/mol. The Balaban J connectivity index is 2.47. The number of nitrogens with zero attached hydrogens (tertiary/aromatic N) is 1. The molecule has 1 N–H and O–H groups in total. The quantitative estimate of drug-likeness (QED) is 0.423. The molecule has 1 heterocycles. The smallest absolute Gasteiger partial charge is 0.340 e. The summed E-state index contributed by atoms with van der Waals surface area (Å²) < 4.78 is 9.86. The first-order chi connectivity index (χ1) is 10.2. The van der Waals surface area contributed by atoms with E-state index in [0.717, 1.165) is 6.42 Å². The minimum absolute atomic E-state index is 0.100. The molecule has 116 valence electrons. The lowest BCUT2D eigenvalue weighted by Gasteiger charge is -2.07. The summed E-state index contributed by atoms with van der Waals surface area (Å²) in [5.41, 5.74) is 0.386. The van der Waals surface area contributed by atoms with Crippen LogP contribution in [0.15, 0.2) is 23.4 Å². The molecule has 0 atom stereocenters. The van der Waals surface area contributed by atoms with Crippen LogP contribution in [0.1, 0.15) is 23.7 Å². The molecule has 0 aliphatic rings. The maximum Gasteiger partial charge on any atom is 0.340 e. The number of aromatic nitrogens is 1. The Morgan fingerprint density at radius 2 is 2.24 bits per heavy atom. The van der Waals surface area contributed by atoms with E-state index in [4.69, 9.17) is 9.47 Å². The van der Waals surface area contributed by atoms with Gasteiger partial charge in [-0.25, -0.2) is 9.78 Å². The number of thioether (sulfide) groups is 1. The van der Waals surface area contributed by atoms with Crippen LogP contribution >= 0.6 is 11.8 Å². The van der Waals surface area contributed by atoms with E-state index in [2.05, 4.69) is 10.3 Å². The van der Waals surface area contributed by atoms with Crippen LogP contribution in [0.4, 0.5) is 0 Å². The van der Waals surface area contributed by atoms with Crippen molar-refractivity contribution in [2.75, 3.05) is 32.6 Å². The van der Waals surface area contributed by atoms with Crippen LogP contribution in [-0.4, -0.2) is 49.5 Å². The molecule has 6 nitrogen and oxygen atoms in total. The van der Waals surface area contributed by atoms with E-state index >= 15 is 0 Å². The number of hydrogen-bond acceptors (Lipinski definition) is 6. The van der Waals surface area contributed by atoms with Crippen LogP contribution < -0.4 is 5.32 Å². The van der Waals surface area contributed by atoms with E-state index in [1.807, 2.05) is 0 Å². The molecule has 0 aromatic carbocycles. The molecule has 21 heavy (non-hydrogen) atoms. The van der Waals surface area contributed by atoms with E-state index in [1.165, 1.54) is 11.8 Å². The molecule has 0 spiro atoms. The van der Waals surface area contributed by atoms with Gasteiger partial charge in [-0.2, -0.15) is 0 Å². The molecular weight excluding hydrogens is 292 g/mol. The Morgan fingerprint density at radius 1 is 1.43 bits per heavy atom. The van der Waals surface area contributed by atoms with Gasteiger partial charge in [0.25, 0.3) is 0 Å². The van der Waals surface area contributed by atoms with E-state index in [0.29, 0.717) is 30.3 Å². The number of pyridine rings is 1. The maximum atomic E-state index is 11.8. The van der Waals surface area contributed by atoms with Gasteiger partial charge in [0.15, 0.2) is 0 Å². The third kappa shape index (κ3) is 6.59. The average Bonchev–Trinajstić information content (AvgIpc) is 2.50. The van der Waals surface area contributed by atoms with Crippen molar-refractivity contribution >= 4 is 23.6 Å². The van der Waals surface area contributed by atoms with Crippen molar-refractivity contribution in [2.24, 2.45) is 0 Å². The van der Waals surface area contributed by atoms with E-state index in [9.17, 15) is 9.59 Å². The average molecular weight is 312 g/mol. The number of nitrogens with one attached hydrogen (secondary N) is 1.